The van der Waals surface area contributed by atoms with Crippen LogP contribution in [0.15, 0.2) is 53.7 Å². The number of halogens is 1. The Balaban J connectivity index is 1.68. The van der Waals surface area contributed by atoms with E-state index >= 15 is 0 Å². The Bertz CT molecular complexity index is 1150. The van der Waals surface area contributed by atoms with E-state index in [2.05, 4.69) is 15.5 Å². The number of nitrogens with one attached hydrogen (secondary N) is 1. The van der Waals surface area contributed by atoms with E-state index in [1.807, 2.05) is 11.5 Å². The van der Waals surface area contributed by atoms with Gasteiger partial charge in [0.05, 0.1) is 16.7 Å². The third-order valence-corrected chi connectivity index (χ3v) is 5.83. The number of benzene rings is 2. The normalized spacial score (nSPS) is 11.7. The molecule has 0 unspecified atom stereocenters. The van der Waals surface area contributed by atoms with E-state index in [1.54, 1.807) is 37.3 Å². The van der Waals surface area contributed by atoms with Crippen molar-refractivity contribution in [2.45, 2.75) is 31.6 Å². The molecule has 0 spiro atoms. The number of nitro groups is 1. The topological polar surface area (TPSA) is 120 Å². The van der Waals surface area contributed by atoms with Crippen molar-refractivity contribution in [1.29, 1.82) is 0 Å². The number of hydrogen-bond donors (Lipinski definition) is 1. The Morgan fingerprint density at radius 3 is 2.56 bits per heavy atom. The predicted octanol–water partition coefficient (Wildman–Crippen LogP) is 4.33. The third-order valence-electron chi connectivity index (χ3n) is 4.61. The van der Waals surface area contributed by atoms with Crippen LogP contribution < -0.4 is 5.32 Å². The number of amides is 1. The van der Waals surface area contributed by atoms with Gasteiger partial charge in [-0.15, -0.1) is 10.2 Å². The molecule has 0 saturated heterocycles. The maximum absolute atomic E-state index is 12.5. The first-order chi connectivity index (χ1) is 15.3. The van der Waals surface area contributed by atoms with Gasteiger partial charge >= 0.3 is 0 Å². The molecular formula is C21H20ClN5O4S. The van der Waals surface area contributed by atoms with Gasteiger partial charge in [-0.3, -0.25) is 19.7 Å². The van der Waals surface area contributed by atoms with Crippen molar-refractivity contribution >= 4 is 40.7 Å². The van der Waals surface area contributed by atoms with Crippen molar-refractivity contribution in [3.63, 3.8) is 0 Å². The molecule has 0 aliphatic carbocycles. The van der Waals surface area contributed by atoms with Gasteiger partial charge in [0.2, 0.25) is 0 Å². The molecule has 0 fully saturated rings. The number of aromatic nitrogens is 3. The van der Waals surface area contributed by atoms with E-state index in [-0.39, 0.29) is 28.7 Å². The number of Topliss-reactive ketones (excluding diaryl/α,β-unsaturated/α-hetero) is 1. The van der Waals surface area contributed by atoms with Gasteiger partial charge in [-0.25, -0.2) is 0 Å². The van der Waals surface area contributed by atoms with Gasteiger partial charge < -0.3 is 9.88 Å². The molecule has 0 bridgehead atoms. The minimum absolute atomic E-state index is 0.0464. The number of nitro benzene ring substituents is 1. The average molecular weight is 474 g/mol. The lowest BCUT2D eigenvalue weighted by Crippen LogP contribution is -2.28. The summed E-state index contributed by atoms with van der Waals surface area (Å²) in [6.07, 6.45) is 0. The van der Waals surface area contributed by atoms with E-state index in [0.29, 0.717) is 28.1 Å². The molecule has 0 aliphatic rings. The maximum Gasteiger partial charge on any atom is 0.270 e. The number of carbonyl (C=O) groups is 2. The fraction of sp³-hybridized carbons (Fsp3) is 0.238. The third kappa shape index (κ3) is 5.51. The summed E-state index contributed by atoms with van der Waals surface area (Å²) in [5, 5.41) is 23.2. The summed E-state index contributed by atoms with van der Waals surface area (Å²) in [7, 11) is 0. The molecule has 1 aromatic heterocycles. The minimum atomic E-state index is -0.538. The number of ketones is 1. The van der Waals surface area contributed by atoms with E-state index in [1.165, 1.54) is 30.0 Å². The van der Waals surface area contributed by atoms with Crippen molar-refractivity contribution in [3.8, 4) is 0 Å². The van der Waals surface area contributed by atoms with Crippen LogP contribution in [-0.2, 0) is 6.54 Å². The van der Waals surface area contributed by atoms with Crippen LogP contribution in [0.3, 0.4) is 0 Å². The standard InChI is InChI=1S/C21H20ClN5O4S/c1-3-26-19(13(2)23-20(29)14-7-9-16(22)10-8-14)24-25-21(26)32-12-18(28)15-5-4-6-17(11-15)27(30)31/h4-11,13H,3,12H2,1-2H3,(H,23,29)/t13-/m1/s1. The molecule has 32 heavy (non-hydrogen) atoms. The lowest BCUT2D eigenvalue weighted by molar-refractivity contribution is -0.384. The zero-order chi connectivity index (χ0) is 23.3. The highest BCUT2D eigenvalue weighted by Crippen LogP contribution is 2.23. The fourth-order valence-corrected chi connectivity index (χ4v) is 4.01. The summed E-state index contributed by atoms with van der Waals surface area (Å²) >= 11 is 7.05. The largest absolute Gasteiger partial charge is 0.342 e. The Morgan fingerprint density at radius 1 is 1.19 bits per heavy atom. The van der Waals surface area contributed by atoms with Crippen LogP contribution in [0.1, 0.15) is 46.4 Å². The van der Waals surface area contributed by atoms with Crippen molar-refractivity contribution < 1.29 is 14.5 Å². The molecule has 1 N–H and O–H groups in total. The van der Waals surface area contributed by atoms with Gasteiger partial charge in [-0.1, -0.05) is 35.5 Å². The second kappa shape index (κ2) is 10.4. The molecule has 3 rings (SSSR count). The van der Waals surface area contributed by atoms with Gasteiger partial charge in [0.1, 0.15) is 0 Å². The van der Waals surface area contributed by atoms with E-state index in [0.717, 1.165) is 0 Å². The van der Waals surface area contributed by atoms with Crippen molar-refractivity contribution in [1.82, 2.24) is 20.1 Å². The highest BCUT2D eigenvalue weighted by Gasteiger charge is 2.21. The number of hydrogen-bond acceptors (Lipinski definition) is 7. The molecule has 0 radical (unpaired) electrons. The SMILES string of the molecule is CCn1c(SCC(=O)c2cccc([N+](=O)[O-])c2)nnc1[C@@H](C)NC(=O)c1ccc(Cl)cc1. The molecule has 3 aromatic rings. The van der Waals surface area contributed by atoms with Crippen molar-refractivity contribution in [2.24, 2.45) is 0 Å². The number of non-ortho nitro benzene ring substituents is 1. The van der Waals surface area contributed by atoms with Crippen LogP contribution in [0, 0.1) is 10.1 Å². The average Bonchev–Trinajstić information content (AvgIpc) is 3.21. The molecular weight excluding hydrogens is 454 g/mol. The molecule has 0 saturated carbocycles. The molecule has 9 nitrogen and oxygen atoms in total. The summed E-state index contributed by atoms with van der Waals surface area (Å²) in [5.74, 6) is 0.0788. The summed E-state index contributed by atoms with van der Waals surface area (Å²) in [6, 6.07) is 11.7. The minimum Gasteiger partial charge on any atom is -0.342 e. The van der Waals surface area contributed by atoms with Gasteiger partial charge in [0, 0.05) is 34.8 Å². The summed E-state index contributed by atoms with van der Waals surface area (Å²) in [4.78, 5) is 35.4. The van der Waals surface area contributed by atoms with Crippen LogP contribution in [0.2, 0.25) is 5.02 Å². The van der Waals surface area contributed by atoms with Crippen LogP contribution in [0.4, 0.5) is 5.69 Å². The van der Waals surface area contributed by atoms with Crippen molar-refractivity contribution in [3.05, 3.63) is 80.6 Å². The quantitative estimate of drug-likeness (QED) is 0.212. The number of rotatable bonds is 9. The lowest BCUT2D eigenvalue weighted by atomic mass is 10.1. The molecule has 166 valence electrons. The smallest absolute Gasteiger partial charge is 0.270 e. The zero-order valence-electron chi connectivity index (χ0n) is 17.3. The van der Waals surface area contributed by atoms with Gasteiger partial charge in [0.15, 0.2) is 16.8 Å². The maximum atomic E-state index is 12.5. The lowest BCUT2D eigenvalue weighted by Gasteiger charge is -2.15. The highest BCUT2D eigenvalue weighted by atomic mass is 35.5. The fourth-order valence-electron chi connectivity index (χ4n) is 2.98. The Hall–Kier alpha value is -3.24. The first-order valence-corrected chi connectivity index (χ1v) is 11.1. The van der Waals surface area contributed by atoms with Crippen LogP contribution in [0.5, 0.6) is 0 Å². The Morgan fingerprint density at radius 2 is 1.91 bits per heavy atom. The second-order valence-corrected chi connectivity index (χ2v) is 8.19. The van der Waals surface area contributed by atoms with Gasteiger partial charge in [-0.2, -0.15) is 0 Å². The van der Waals surface area contributed by atoms with Gasteiger partial charge in [-0.05, 0) is 38.1 Å². The summed E-state index contributed by atoms with van der Waals surface area (Å²) in [6.45, 7) is 4.25. The van der Waals surface area contributed by atoms with Crippen LogP contribution >= 0.6 is 23.4 Å². The first kappa shape index (κ1) is 23.4. The van der Waals surface area contributed by atoms with E-state index in [4.69, 9.17) is 11.6 Å². The molecule has 1 heterocycles. The van der Waals surface area contributed by atoms with Crippen molar-refractivity contribution in [2.75, 3.05) is 5.75 Å². The molecule has 11 heteroatoms. The van der Waals surface area contributed by atoms with Crippen LogP contribution in [0.25, 0.3) is 0 Å². The second-order valence-electron chi connectivity index (χ2n) is 6.81. The van der Waals surface area contributed by atoms with Gasteiger partial charge in [0.25, 0.3) is 11.6 Å². The molecule has 1 atom stereocenters. The molecule has 1 amide bonds. The molecule has 2 aromatic carbocycles. The monoisotopic (exact) mass is 473 g/mol. The zero-order valence-corrected chi connectivity index (χ0v) is 18.9. The van der Waals surface area contributed by atoms with E-state index < -0.39 is 11.0 Å². The highest BCUT2D eigenvalue weighted by molar-refractivity contribution is 7.99. The first-order valence-electron chi connectivity index (χ1n) is 9.70. The summed E-state index contributed by atoms with van der Waals surface area (Å²) < 4.78 is 1.82. The number of thioether (sulfide) groups is 1. The summed E-state index contributed by atoms with van der Waals surface area (Å²) in [5.41, 5.74) is 0.601. The predicted molar refractivity (Wildman–Crippen MR) is 121 cm³/mol. The van der Waals surface area contributed by atoms with Crippen LogP contribution in [-0.4, -0.2) is 37.1 Å². The molecule has 0 aliphatic heterocycles. The number of carbonyl (C=O) groups excluding carboxylic acids is 2. The Labute approximate surface area is 193 Å². The Kier molecular flexibility index (Phi) is 7.60. The van der Waals surface area contributed by atoms with E-state index in [9.17, 15) is 19.7 Å². The number of nitrogens with zero attached hydrogens (tertiary/aromatic N) is 4.